The highest BCUT2D eigenvalue weighted by atomic mass is 15.2. The Hall–Kier alpha value is -3.13. The lowest BCUT2D eigenvalue weighted by Crippen LogP contribution is -2.31. The average molecular weight is 397 g/mol. The number of allylic oxidation sites excluding steroid dienone is 7. The van der Waals surface area contributed by atoms with Gasteiger partial charge in [-0.25, -0.2) is 0 Å². The zero-order chi connectivity index (χ0) is 21.5. The molecule has 0 saturated carbocycles. The van der Waals surface area contributed by atoms with Crippen LogP contribution in [0.25, 0.3) is 10.8 Å². The van der Waals surface area contributed by atoms with Crippen LogP contribution in [0.3, 0.4) is 0 Å². The van der Waals surface area contributed by atoms with Crippen molar-refractivity contribution in [2.45, 2.75) is 39.8 Å². The maximum Gasteiger partial charge on any atom is 0.0857 e. The van der Waals surface area contributed by atoms with E-state index in [9.17, 15) is 0 Å². The van der Waals surface area contributed by atoms with Gasteiger partial charge in [-0.05, 0) is 60.7 Å². The van der Waals surface area contributed by atoms with Crippen molar-refractivity contribution in [1.29, 1.82) is 0 Å². The highest BCUT2D eigenvalue weighted by molar-refractivity contribution is 5.83. The first-order chi connectivity index (χ1) is 14.5. The van der Waals surface area contributed by atoms with Crippen molar-refractivity contribution in [2.75, 3.05) is 6.54 Å². The molecule has 0 aromatic heterocycles. The smallest absolute Gasteiger partial charge is 0.0857 e. The monoisotopic (exact) mass is 396 g/mol. The van der Waals surface area contributed by atoms with E-state index in [4.69, 9.17) is 0 Å². The topological polar surface area (TPSA) is 15.6 Å². The van der Waals surface area contributed by atoms with E-state index in [1.165, 1.54) is 33.0 Å². The molecule has 3 rings (SSSR count). The molecule has 1 aliphatic rings. The second-order valence-corrected chi connectivity index (χ2v) is 8.12. The van der Waals surface area contributed by atoms with E-state index in [1.807, 2.05) is 18.5 Å². The van der Waals surface area contributed by atoms with Crippen molar-refractivity contribution in [3.63, 3.8) is 0 Å². The average Bonchev–Trinajstić information content (AvgIpc) is 3.16. The SMILES string of the molecule is C=C/C=C(C=C)/C(C)=C/C=C(\C)CC1CN=CN1Cc1ccc2cc(C)ccc2c1. The number of aliphatic imine (C=N–C) groups is 1. The van der Waals surface area contributed by atoms with Crippen LogP contribution in [-0.4, -0.2) is 23.8 Å². The van der Waals surface area contributed by atoms with Crippen LogP contribution >= 0.6 is 0 Å². The summed E-state index contributed by atoms with van der Waals surface area (Å²) in [5.41, 5.74) is 6.27. The molecule has 2 aromatic rings. The van der Waals surface area contributed by atoms with Crippen LogP contribution in [-0.2, 0) is 6.54 Å². The molecule has 0 amide bonds. The first-order valence-corrected chi connectivity index (χ1v) is 10.5. The van der Waals surface area contributed by atoms with Gasteiger partial charge in [0.2, 0.25) is 0 Å². The molecule has 0 bridgehead atoms. The quantitative estimate of drug-likeness (QED) is 0.441. The first kappa shape index (κ1) is 21.6. The van der Waals surface area contributed by atoms with Gasteiger partial charge in [0, 0.05) is 6.54 Å². The van der Waals surface area contributed by atoms with Gasteiger partial charge in [0.25, 0.3) is 0 Å². The third kappa shape index (κ3) is 5.48. The van der Waals surface area contributed by atoms with Gasteiger partial charge in [-0.3, -0.25) is 4.99 Å². The second kappa shape index (κ2) is 10.1. The molecule has 2 nitrogen and oxygen atoms in total. The zero-order valence-electron chi connectivity index (χ0n) is 18.4. The van der Waals surface area contributed by atoms with Crippen molar-refractivity contribution in [1.82, 2.24) is 4.90 Å². The highest BCUT2D eigenvalue weighted by Gasteiger charge is 2.20. The van der Waals surface area contributed by atoms with Crippen LogP contribution < -0.4 is 0 Å². The molecular weight excluding hydrogens is 364 g/mol. The summed E-state index contributed by atoms with van der Waals surface area (Å²) in [6.07, 6.45) is 13.1. The number of aryl methyl sites for hydroxylation is 1. The van der Waals surface area contributed by atoms with Crippen LogP contribution in [0.15, 0.2) is 102 Å². The Bertz CT molecular complexity index is 1050. The lowest BCUT2D eigenvalue weighted by atomic mass is 10.0. The maximum absolute atomic E-state index is 4.56. The zero-order valence-corrected chi connectivity index (χ0v) is 18.4. The second-order valence-electron chi connectivity index (χ2n) is 8.12. The summed E-state index contributed by atoms with van der Waals surface area (Å²) >= 11 is 0. The van der Waals surface area contributed by atoms with Gasteiger partial charge < -0.3 is 4.90 Å². The lowest BCUT2D eigenvalue weighted by Gasteiger charge is -2.24. The first-order valence-electron chi connectivity index (χ1n) is 10.5. The van der Waals surface area contributed by atoms with Gasteiger partial charge in [0.1, 0.15) is 0 Å². The van der Waals surface area contributed by atoms with Crippen LogP contribution in [0.2, 0.25) is 0 Å². The van der Waals surface area contributed by atoms with Crippen molar-refractivity contribution < 1.29 is 0 Å². The van der Waals surface area contributed by atoms with Gasteiger partial charge in [-0.2, -0.15) is 0 Å². The van der Waals surface area contributed by atoms with Crippen LogP contribution in [0, 0.1) is 6.92 Å². The van der Waals surface area contributed by atoms with Crippen molar-refractivity contribution in [3.8, 4) is 0 Å². The molecule has 30 heavy (non-hydrogen) atoms. The number of hydrogen-bond donors (Lipinski definition) is 0. The van der Waals surface area contributed by atoms with E-state index >= 15 is 0 Å². The van der Waals surface area contributed by atoms with E-state index < -0.39 is 0 Å². The van der Waals surface area contributed by atoms with E-state index in [-0.39, 0.29) is 0 Å². The Kier molecular flexibility index (Phi) is 7.24. The lowest BCUT2D eigenvalue weighted by molar-refractivity contribution is 0.341. The molecule has 0 fully saturated rings. The Labute approximate surface area is 181 Å². The highest BCUT2D eigenvalue weighted by Crippen LogP contribution is 2.22. The van der Waals surface area contributed by atoms with Crippen molar-refractivity contribution >= 4 is 17.1 Å². The molecule has 0 aliphatic carbocycles. The fraction of sp³-hybridized carbons (Fsp3) is 0.250. The van der Waals surface area contributed by atoms with Crippen molar-refractivity contribution in [2.24, 2.45) is 4.99 Å². The predicted molar refractivity (Wildman–Crippen MR) is 132 cm³/mol. The Morgan fingerprint density at radius 2 is 1.83 bits per heavy atom. The summed E-state index contributed by atoms with van der Waals surface area (Å²) in [6, 6.07) is 13.8. The molecule has 1 atom stereocenters. The largest absolute Gasteiger partial charge is 0.353 e. The van der Waals surface area contributed by atoms with Gasteiger partial charge in [0.05, 0.1) is 18.9 Å². The minimum atomic E-state index is 0.409. The summed E-state index contributed by atoms with van der Waals surface area (Å²) in [7, 11) is 0. The summed E-state index contributed by atoms with van der Waals surface area (Å²) in [4.78, 5) is 6.93. The fourth-order valence-electron chi connectivity index (χ4n) is 3.84. The van der Waals surface area contributed by atoms with E-state index in [0.29, 0.717) is 6.04 Å². The van der Waals surface area contributed by atoms with Crippen LogP contribution in [0.4, 0.5) is 0 Å². The number of rotatable bonds is 8. The normalized spacial score (nSPS) is 17.6. The number of benzene rings is 2. The molecule has 0 saturated heterocycles. The van der Waals surface area contributed by atoms with E-state index in [2.05, 4.69) is 92.4 Å². The molecule has 0 N–H and O–H groups in total. The van der Waals surface area contributed by atoms with Gasteiger partial charge in [-0.15, -0.1) is 0 Å². The molecule has 0 radical (unpaired) electrons. The number of nitrogens with zero attached hydrogens (tertiary/aromatic N) is 2. The number of fused-ring (bicyclic) bond motifs is 1. The number of hydrogen-bond acceptors (Lipinski definition) is 2. The molecule has 0 spiro atoms. The minimum absolute atomic E-state index is 0.409. The molecule has 154 valence electrons. The fourth-order valence-corrected chi connectivity index (χ4v) is 3.84. The molecule has 2 heteroatoms. The standard InChI is InChI=1S/C28H32N2/c1-6-8-25(7-2)23(5)11-9-22(4)16-28-18-29-20-30(28)19-24-12-14-26-15-21(3)10-13-27(26)17-24/h6-15,17,20,28H,1-2,16,18-19H2,3-5H3/b22-9+,23-11+,25-8+. The summed E-state index contributed by atoms with van der Waals surface area (Å²) in [5.74, 6) is 0. The minimum Gasteiger partial charge on any atom is -0.353 e. The Morgan fingerprint density at radius 3 is 2.60 bits per heavy atom. The van der Waals surface area contributed by atoms with Crippen LogP contribution in [0.5, 0.6) is 0 Å². The van der Waals surface area contributed by atoms with E-state index in [1.54, 1.807) is 6.08 Å². The van der Waals surface area contributed by atoms with Gasteiger partial charge in [0.15, 0.2) is 0 Å². The summed E-state index contributed by atoms with van der Waals surface area (Å²) < 4.78 is 0. The van der Waals surface area contributed by atoms with E-state index in [0.717, 1.165) is 25.1 Å². The summed E-state index contributed by atoms with van der Waals surface area (Å²) in [6.45, 7) is 15.8. The third-order valence-corrected chi connectivity index (χ3v) is 5.59. The molecule has 1 unspecified atom stereocenters. The van der Waals surface area contributed by atoms with Crippen LogP contribution in [0.1, 0.15) is 31.4 Å². The van der Waals surface area contributed by atoms with Gasteiger partial charge >= 0.3 is 0 Å². The third-order valence-electron chi connectivity index (χ3n) is 5.59. The molecule has 1 aliphatic heterocycles. The Balaban J connectivity index is 1.67. The van der Waals surface area contributed by atoms with Gasteiger partial charge in [-0.1, -0.05) is 85.0 Å². The molecular formula is C28H32N2. The predicted octanol–water partition coefficient (Wildman–Crippen LogP) is 6.94. The molecule has 1 heterocycles. The van der Waals surface area contributed by atoms with Crippen molar-refractivity contribution in [3.05, 3.63) is 108 Å². The Morgan fingerprint density at radius 1 is 1.07 bits per heavy atom. The maximum atomic E-state index is 4.56. The summed E-state index contributed by atoms with van der Waals surface area (Å²) in [5, 5.41) is 2.60. The molecule has 2 aromatic carbocycles.